The third-order valence-corrected chi connectivity index (χ3v) is 6.73. The number of benzene rings is 1. The largest absolute Gasteiger partial charge is 0.508 e. The monoisotopic (exact) mass is 432 g/mol. The van der Waals surface area contributed by atoms with Crippen molar-refractivity contribution in [2.45, 2.75) is 52.0 Å². The molecule has 2 aromatic heterocycles. The van der Waals surface area contributed by atoms with Crippen molar-refractivity contribution in [2.24, 2.45) is 5.92 Å². The fourth-order valence-electron chi connectivity index (χ4n) is 4.96. The second-order valence-corrected chi connectivity index (χ2v) is 8.95. The molecule has 0 spiro atoms. The van der Waals surface area contributed by atoms with Gasteiger partial charge in [0.2, 0.25) is 0 Å². The van der Waals surface area contributed by atoms with E-state index in [2.05, 4.69) is 4.57 Å². The summed E-state index contributed by atoms with van der Waals surface area (Å²) >= 11 is 0. The van der Waals surface area contributed by atoms with Gasteiger partial charge in [-0.05, 0) is 62.9 Å². The van der Waals surface area contributed by atoms with Crippen molar-refractivity contribution in [3.8, 4) is 5.75 Å². The lowest BCUT2D eigenvalue weighted by Gasteiger charge is -2.31. The average molecular weight is 433 g/mol. The third-order valence-electron chi connectivity index (χ3n) is 6.73. The van der Waals surface area contributed by atoms with Crippen molar-refractivity contribution in [1.29, 1.82) is 0 Å². The molecule has 1 amide bonds. The van der Waals surface area contributed by atoms with Crippen LogP contribution in [0.15, 0.2) is 30.3 Å². The van der Waals surface area contributed by atoms with Gasteiger partial charge in [0.15, 0.2) is 11.4 Å². The highest BCUT2D eigenvalue weighted by atomic mass is 16.3. The van der Waals surface area contributed by atoms with Crippen LogP contribution in [-0.2, 0) is 13.0 Å². The lowest BCUT2D eigenvalue weighted by Crippen LogP contribution is -2.40. The molecular formula is C25H28N4O3. The van der Waals surface area contributed by atoms with E-state index in [1.54, 1.807) is 12.1 Å². The van der Waals surface area contributed by atoms with E-state index in [1.165, 1.54) is 18.6 Å². The van der Waals surface area contributed by atoms with Crippen molar-refractivity contribution in [3.63, 3.8) is 0 Å². The molecule has 5 rings (SSSR count). The number of aryl methyl sites for hydroxylation is 3. The van der Waals surface area contributed by atoms with Gasteiger partial charge in [-0.2, -0.15) is 0 Å². The molecule has 166 valence electrons. The Kier molecular flexibility index (Phi) is 5.41. The van der Waals surface area contributed by atoms with Crippen LogP contribution in [0, 0.1) is 12.8 Å². The SMILES string of the molecule is Cc1cc(C(=O)N2CCC(C(=O)c3ccc(O)cc3)CC2)c2nc3n(c2n1)CCCCC3. The number of piperidine rings is 1. The molecule has 0 unspecified atom stereocenters. The van der Waals surface area contributed by atoms with Crippen LogP contribution in [0.2, 0.25) is 0 Å². The van der Waals surface area contributed by atoms with Crippen molar-refractivity contribution >= 4 is 22.9 Å². The summed E-state index contributed by atoms with van der Waals surface area (Å²) in [5, 5.41) is 9.45. The van der Waals surface area contributed by atoms with E-state index in [9.17, 15) is 14.7 Å². The molecule has 0 aliphatic carbocycles. The first kappa shape index (κ1) is 20.7. The average Bonchev–Trinajstić information content (AvgIpc) is 2.99. The van der Waals surface area contributed by atoms with Crippen molar-refractivity contribution in [3.05, 3.63) is 53.0 Å². The van der Waals surface area contributed by atoms with Crippen molar-refractivity contribution < 1.29 is 14.7 Å². The highest BCUT2D eigenvalue weighted by molar-refractivity contribution is 6.04. The van der Waals surface area contributed by atoms with Gasteiger partial charge in [-0.25, -0.2) is 9.97 Å². The molecule has 0 atom stereocenters. The number of hydrogen-bond donors (Lipinski definition) is 1. The van der Waals surface area contributed by atoms with Gasteiger partial charge in [0.1, 0.15) is 17.1 Å². The number of hydrogen-bond acceptors (Lipinski definition) is 5. The maximum atomic E-state index is 13.5. The molecule has 0 saturated carbocycles. The summed E-state index contributed by atoms with van der Waals surface area (Å²) in [6, 6.07) is 8.25. The number of phenols is 1. The zero-order valence-corrected chi connectivity index (χ0v) is 18.4. The fraction of sp³-hybridized carbons (Fsp3) is 0.440. The number of pyridine rings is 1. The summed E-state index contributed by atoms with van der Waals surface area (Å²) in [7, 11) is 0. The maximum Gasteiger partial charge on any atom is 0.256 e. The Hall–Kier alpha value is -3.22. The Morgan fingerprint density at radius 1 is 1.00 bits per heavy atom. The van der Waals surface area contributed by atoms with E-state index in [1.807, 2.05) is 17.9 Å². The van der Waals surface area contributed by atoms with Crippen LogP contribution >= 0.6 is 0 Å². The summed E-state index contributed by atoms with van der Waals surface area (Å²) in [4.78, 5) is 37.7. The van der Waals surface area contributed by atoms with Gasteiger partial charge in [-0.15, -0.1) is 0 Å². The molecule has 1 N–H and O–H groups in total. The first-order valence-electron chi connectivity index (χ1n) is 11.5. The Morgan fingerprint density at radius 2 is 1.75 bits per heavy atom. The molecule has 1 aromatic carbocycles. The minimum atomic E-state index is -0.105. The highest BCUT2D eigenvalue weighted by Gasteiger charge is 2.30. The van der Waals surface area contributed by atoms with E-state index in [4.69, 9.17) is 9.97 Å². The summed E-state index contributed by atoms with van der Waals surface area (Å²) in [6.45, 7) is 3.92. The van der Waals surface area contributed by atoms with E-state index in [-0.39, 0.29) is 23.4 Å². The van der Waals surface area contributed by atoms with Gasteiger partial charge < -0.3 is 14.6 Å². The molecule has 4 heterocycles. The normalized spacial score (nSPS) is 17.2. The van der Waals surface area contributed by atoms with Gasteiger partial charge in [0, 0.05) is 43.2 Å². The zero-order chi connectivity index (χ0) is 22.2. The van der Waals surface area contributed by atoms with E-state index < -0.39 is 0 Å². The minimum absolute atomic E-state index is 0.0238. The van der Waals surface area contributed by atoms with E-state index in [0.29, 0.717) is 42.6 Å². The number of aromatic hydroxyl groups is 1. The number of fused-ring (bicyclic) bond motifs is 3. The summed E-state index contributed by atoms with van der Waals surface area (Å²) in [5.41, 5.74) is 3.59. The van der Waals surface area contributed by atoms with Crippen LogP contribution in [0.25, 0.3) is 11.2 Å². The number of Topliss-reactive ketones (excluding diaryl/α,β-unsaturated/α-hetero) is 1. The van der Waals surface area contributed by atoms with Crippen molar-refractivity contribution in [2.75, 3.05) is 13.1 Å². The fourth-order valence-corrected chi connectivity index (χ4v) is 4.96. The van der Waals surface area contributed by atoms with Crippen LogP contribution in [0.5, 0.6) is 5.75 Å². The van der Waals surface area contributed by atoms with Gasteiger partial charge >= 0.3 is 0 Å². The Balaban J connectivity index is 1.35. The minimum Gasteiger partial charge on any atom is -0.508 e. The van der Waals surface area contributed by atoms with E-state index >= 15 is 0 Å². The van der Waals surface area contributed by atoms with Gasteiger partial charge in [-0.1, -0.05) is 6.42 Å². The summed E-state index contributed by atoms with van der Waals surface area (Å²) in [6.07, 6.45) is 5.62. The van der Waals surface area contributed by atoms with Gasteiger partial charge in [0.25, 0.3) is 5.91 Å². The standard InChI is InChI=1S/C25H28N4O3/c1-16-15-20(22-24(26-16)29-12-4-2-3-5-21(29)27-22)25(32)28-13-10-18(11-14-28)23(31)17-6-8-19(30)9-7-17/h6-9,15,18,30H,2-5,10-14H2,1H3. The van der Waals surface area contributed by atoms with Crippen LogP contribution in [0.3, 0.4) is 0 Å². The topological polar surface area (TPSA) is 88.3 Å². The first-order chi connectivity index (χ1) is 15.5. The second-order valence-electron chi connectivity index (χ2n) is 8.95. The summed E-state index contributed by atoms with van der Waals surface area (Å²) < 4.78 is 2.19. The predicted molar refractivity (Wildman–Crippen MR) is 121 cm³/mol. The molecule has 0 radical (unpaired) electrons. The Morgan fingerprint density at radius 3 is 2.50 bits per heavy atom. The number of rotatable bonds is 3. The van der Waals surface area contributed by atoms with Crippen LogP contribution in [0.1, 0.15) is 64.3 Å². The summed E-state index contributed by atoms with van der Waals surface area (Å²) in [5.74, 6) is 1.13. The smallest absolute Gasteiger partial charge is 0.256 e. The van der Waals surface area contributed by atoms with Crippen molar-refractivity contribution in [1.82, 2.24) is 19.4 Å². The van der Waals surface area contributed by atoms with Crippen LogP contribution in [0.4, 0.5) is 0 Å². The quantitative estimate of drug-likeness (QED) is 0.634. The number of carbonyl (C=O) groups is 2. The molecular weight excluding hydrogens is 404 g/mol. The second kappa shape index (κ2) is 8.37. The predicted octanol–water partition coefficient (Wildman–Crippen LogP) is 3.91. The lowest BCUT2D eigenvalue weighted by atomic mass is 9.88. The van der Waals surface area contributed by atoms with Crippen LogP contribution < -0.4 is 0 Å². The number of amides is 1. The van der Waals surface area contributed by atoms with E-state index in [0.717, 1.165) is 43.0 Å². The van der Waals surface area contributed by atoms with Gasteiger partial charge in [0.05, 0.1) is 5.56 Å². The highest BCUT2D eigenvalue weighted by Crippen LogP contribution is 2.28. The molecule has 7 heteroatoms. The number of carbonyl (C=O) groups excluding carboxylic acids is 2. The number of phenolic OH excluding ortho intramolecular Hbond substituents is 1. The molecule has 0 bridgehead atoms. The molecule has 1 fully saturated rings. The lowest BCUT2D eigenvalue weighted by molar-refractivity contribution is 0.0651. The molecule has 2 aliphatic heterocycles. The Bertz CT molecular complexity index is 1170. The van der Waals surface area contributed by atoms with Gasteiger partial charge in [-0.3, -0.25) is 9.59 Å². The Labute approximate surface area is 187 Å². The molecule has 3 aromatic rings. The maximum absolute atomic E-state index is 13.5. The zero-order valence-electron chi connectivity index (χ0n) is 18.4. The molecule has 7 nitrogen and oxygen atoms in total. The number of likely N-dealkylation sites (tertiary alicyclic amines) is 1. The number of aromatic nitrogens is 3. The molecule has 32 heavy (non-hydrogen) atoms. The van der Waals surface area contributed by atoms with Crippen LogP contribution in [-0.4, -0.2) is 49.3 Å². The molecule has 2 aliphatic rings. The third kappa shape index (κ3) is 3.76. The number of ketones is 1. The number of nitrogens with zero attached hydrogens (tertiary/aromatic N) is 4. The number of imidazole rings is 1. The molecule has 1 saturated heterocycles. The first-order valence-corrected chi connectivity index (χ1v) is 11.5.